The summed E-state index contributed by atoms with van der Waals surface area (Å²) in [6.45, 7) is 2.16. The van der Waals surface area contributed by atoms with Crippen molar-refractivity contribution >= 4 is 9.84 Å². The summed E-state index contributed by atoms with van der Waals surface area (Å²) in [5.74, 6) is 0.885. The number of nitrogens with two attached hydrogens (primary N) is 1. The van der Waals surface area contributed by atoms with E-state index in [1.807, 2.05) is 0 Å². The van der Waals surface area contributed by atoms with Gasteiger partial charge in [-0.1, -0.05) is 26.2 Å². The van der Waals surface area contributed by atoms with Gasteiger partial charge in [-0.2, -0.15) is 0 Å². The van der Waals surface area contributed by atoms with E-state index in [4.69, 9.17) is 5.73 Å². The van der Waals surface area contributed by atoms with Crippen LogP contribution in [0.3, 0.4) is 0 Å². The van der Waals surface area contributed by atoms with E-state index in [0.29, 0.717) is 11.5 Å². The normalized spacial score (nSPS) is 27.7. The molecule has 2 unspecified atom stereocenters. The Hall–Kier alpha value is -0.0900. The Morgan fingerprint density at radius 1 is 1.43 bits per heavy atom. The first-order chi connectivity index (χ1) is 6.55. The molecule has 0 aromatic heterocycles. The molecule has 0 amide bonds. The van der Waals surface area contributed by atoms with Crippen LogP contribution in [0.2, 0.25) is 0 Å². The molecule has 0 bridgehead atoms. The maximum Gasteiger partial charge on any atom is 0.150 e. The smallest absolute Gasteiger partial charge is 0.150 e. The molecule has 4 heteroatoms. The van der Waals surface area contributed by atoms with Gasteiger partial charge in [0, 0.05) is 6.04 Å². The second-order valence-corrected chi connectivity index (χ2v) is 6.55. The number of sulfone groups is 1. The summed E-state index contributed by atoms with van der Waals surface area (Å²) < 4.78 is 22.4. The molecule has 14 heavy (non-hydrogen) atoms. The van der Waals surface area contributed by atoms with Crippen molar-refractivity contribution in [3.63, 3.8) is 0 Å². The summed E-state index contributed by atoms with van der Waals surface area (Å²) in [6.07, 6.45) is 5.28. The lowest BCUT2D eigenvalue weighted by molar-refractivity contribution is 0.423. The minimum atomic E-state index is -2.75. The number of unbranched alkanes of at least 4 members (excludes halogenated alkanes) is 2. The lowest BCUT2D eigenvalue weighted by Gasteiger charge is -2.17. The highest BCUT2D eigenvalue weighted by atomic mass is 32.2. The van der Waals surface area contributed by atoms with Crippen LogP contribution in [0.15, 0.2) is 0 Å². The topological polar surface area (TPSA) is 60.2 Å². The fourth-order valence-electron chi connectivity index (χ4n) is 2.03. The Labute approximate surface area is 87.0 Å². The van der Waals surface area contributed by atoms with Crippen LogP contribution in [0.4, 0.5) is 0 Å². The highest BCUT2D eigenvalue weighted by molar-refractivity contribution is 7.91. The standard InChI is InChI=1S/C10H21NO2S/c1-2-3-4-5-10(11)9-6-7-14(12,13)8-9/h9-10H,2-8,11H2,1H3. The highest BCUT2D eigenvalue weighted by Crippen LogP contribution is 2.23. The van der Waals surface area contributed by atoms with Gasteiger partial charge in [-0.3, -0.25) is 0 Å². The average Bonchev–Trinajstić information content (AvgIpc) is 2.46. The quantitative estimate of drug-likeness (QED) is 0.710. The summed E-state index contributed by atoms with van der Waals surface area (Å²) >= 11 is 0. The first kappa shape index (κ1) is 12.0. The van der Waals surface area contributed by atoms with E-state index in [1.165, 1.54) is 12.8 Å². The highest BCUT2D eigenvalue weighted by Gasteiger charge is 2.31. The molecule has 1 rings (SSSR count). The van der Waals surface area contributed by atoms with Gasteiger partial charge in [-0.25, -0.2) is 8.42 Å². The minimum absolute atomic E-state index is 0.0961. The molecule has 0 saturated carbocycles. The molecule has 1 aliphatic heterocycles. The number of hydrogen-bond donors (Lipinski definition) is 1. The molecule has 2 N–H and O–H groups in total. The van der Waals surface area contributed by atoms with Crippen LogP contribution >= 0.6 is 0 Å². The molecule has 1 aliphatic rings. The maximum atomic E-state index is 11.2. The maximum absolute atomic E-state index is 11.2. The monoisotopic (exact) mass is 219 g/mol. The predicted molar refractivity (Wildman–Crippen MR) is 58.9 cm³/mol. The van der Waals surface area contributed by atoms with Crippen LogP contribution in [-0.2, 0) is 9.84 Å². The van der Waals surface area contributed by atoms with Gasteiger partial charge in [0.05, 0.1) is 11.5 Å². The Morgan fingerprint density at radius 2 is 2.14 bits per heavy atom. The molecule has 84 valence electrons. The van der Waals surface area contributed by atoms with E-state index >= 15 is 0 Å². The minimum Gasteiger partial charge on any atom is -0.327 e. The van der Waals surface area contributed by atoms with Gasteiger partial charge in [0.25, 0.3) is 0 Å². The molecule has 0 spiro atoms. The molecule has 0 aromatic carbocycles. The first-order valence-electron chi connectivity index (χ1n) is 5.51. The van der Waals surface area contributed by atoms with Gasteiger partial charge in [0.1, 0.15) is 0 Å². The molecule has 1 saturated heterocycles. The Morgan fingerprint density at radius 3 is 2.64 bits per heavy atom. The van der Waals surface area contributed by atoms with E-state index < -0.39 is 9.84 Å². The van der Waals surface area contributed by atoms with Gasteiger partial charge in [-0.15, -0.1) is 0 Å². The molecule has 0 aromatic rings. The Kier molecular flexibility index (Phi) is 4.38. The third kappa shape index (κ3) is 3.58. The van der Waals surface area contributed by atoms with Crippen molar-refractivity contribution in [1.82, 2.24) is 0 Å². The zero-order valence-electron chi connectivity index (χ0n) is 8.91. The number of rotatable bonds is 5. The van der Waals surface area contributed by atoms with E-state index in [2.05, 4.69) is 6.92 Å². The molecule has 3 nitrogen and oxygen atoms in total. The first-order valence-corrected chi connectivity index (χ1v) is 7.33. The van der Waals surface area contributed by atoms with Crippen LogP contribution in [-0.4, -0.2) is 26.0 Å². The largest absolute Gasteiger partial charge is 0.327 e. The van der Waals surface area contributed by atoms with E-state index in [9.17, 15) is 8.42 Å². The van der Waals surface area contributed by atoms with Gasteiger partial charge >= 0.3 is 0 Å². The van der Waals surface area contributed by atoms with Crippen molar-refractivity contribution in [2.24, 2.45) is 11.7 Å². The predicted octanol–water partition coefficient (Wildman–Crippen LogP) is 1.33. The molecule has 0 radical (unpaired) electrons. The number of hydrogen-bond acceptors (Lipinski definition) is 3. The van der Waals surface area contributed by atoms with Crippen molar-refractivity contribution in [2.75, 3.05) is 11.5 Å². The average molecular weight is 219 g/mol. The van der Waals surface area contributed by atoms with Crippen molar-refractivity contribution in [3.8, 4) is 0 Å². The van der Waals surface area contributed by atoms with E-state index in [-0.39, 0.29) is 12.0 Å². The summed E-state index contributed by atoms with van der Waals surface area (Å²) in [5, 5.41) is 0. The SMILES string of the molecule is CCCCCC(N)C1CCS(=O)(=O)C1. The second kappa shape index (κ2) is 5.12. The van der Waals surface area contributed by atoms with Gasteiger partial charge in [0.15, 0.2) is 9.84 Å². The molecule has 1 heterocycles. The van der Waals surface area contributed by atoms with Crippen molar-refractivity contribution in [2.45, 2.75) is 45.1 Å². The van der Waals surface area contributed by atoms with Crippen molar-refractivity contribution < 1.29 is 8.42 Å². The van der Waals surface area contributed by atoms with Crippen molar-refractivity contribution in [3.05, 3.63) is 0 Å². The van der Waals surface area contributed by atoms with Gasteiger partial charge in [0.2, 0.25) is 0 Å². The van der Waals surface area contributed by atoms with Crippen LogP contribution in [0.25, 0.3) is 0 Å². The zero-order valence-corrected chi connectivity index (χ0v) is 9.72. The fraction of sp³-hybridized carbons (Fsp3) is 1.00. The Bertz CT molecular complexity index is 261. The third-order valence-electron chi connectivity index (χ3n) is 3.01. The summed E-state index contributed by atoms with van der Waals surface area (Å²) in [4.78, 5) is 0. The summed E-state index contributed by atoms with van der Waals surface area (Å²) in [5.41, 5.74) is 5.98. The van der Waals surface area contributed by atoms with Crippen molar-refractivity contribution in [1.29, 1.82) is 0 Å². The zero-order chi connectivity index (χ0) is 10.6. The molecular weight excluding hydrogens is 198 g/mol. The van der Waals surface area contributed by atoms with E-state index in [0.717, 1.165) is 19.3 Å². The molecule has 1 fully saturated rings. The lowest BCUT2D eigenvalue weighted by atomic mass is 9.95. The molecule has 2 atom stereocenters. The molecule has 0 aliphatic carbocycles. The third-order valence-corrected chi connectivity index (χ3v) is 4.81. The van der Waals surface area contributed by atoms with Crippen LogP contribution in [0, 0.1) is 5.92 Å². The second-order valence-electron chi connectivity index (χ2n) is 4.32. The van der Waals surface area contributed by atoms with Crippen LogP contribution in [0.5, 0.6) is 0 Å². The summed E-state index contributed by atoms with van der Waals surface area (Å²) in [6, 6.07) is 0.0961. The lowest BCUT2D eigenvalue weighted by Crippen LogP contribution is -2.30. The Balaban J connectivity index is 2.29. The van der Waals surface area contributed by atoms with Gasteiger partial charge in [-0.05, 0) is 18.8 Å². The van der Waals surface area contributed by atoms with E-state index in [1.54, 1.807) is 0 Å². The van der Waals surface area contributed by atoms with Gasteiger partial charge < -0.3 is 5.73 Å². The van der Waals surface area contributed by atoms with Crippen LogP contribution < -0.4 is 5.73 Å². The summed E-state index contributed by atoms with van der Waals surface area (Å²) in [7, 11) is -2.75. The fourth-order valence-corrected chi connectivity index (χ4v) is 3.92. The molecular formula is C10H21NO2S. The van der Waals surface area contributed by atoms with Crippen LogP contribution in [0.1, 0.15) is 39.0 Å².